The summed E-state index contributed by atoms with van der Waals surface area (Å²) < 4.78 is 7.02. The van der Waals surface area contributed by atoms with Crippen LogP contribution in [0, 0.1) is 6.33 Å². The van der Waals surface area contributed by atoms with Crippen LogP contribution >= 0.6 is 0 Å². The third-order valence-electron chi connectivity index (χ3n) is 4.59. The Hall–Kier alpha value is -1.01. The summed E-state index contributed by atoms with van der Waals surface area (Å²) in [5.74, 6) is 0.547. The molecule has 9 nitrogen and oxygen atoms in total. The number of ether oxygens (including phenoxy) is 1. The summed E-state index contributed by atoms with van der Waals surface area (Å²) in [6.45, 7) is 2.42. The summed E-state index contributed by atoms with van der Waals surface area (Å²) in [6, 6.07) is 0.441. The minimum absolute atomic E-state index is 0. The SMILES string of the molecule is CN(CCc1cn(-c2n[c-]nc3[nH]ncc23)nc1C=O)C1CCOC1.[K+]. The third-order valence-corrected chi connectivity index (χ3v) is 4.59. The van der Waals surface area contributed by atoms with Gasteiger partial charge in [0.15, 0.2) is 6.29 Å². The first-order chi connectivity index (χ1) is 12.3. The van der Waals surface area contributed by atoms with Crippen molar-refractivity contribution in [2.75, 3.05) is 26.8 Å². The van der Waals surface area contributed by atoms with Crippen LogP contribution in [0.1, 0.15) is 22.5 Å². The van der Waals surface area contributed by atoms with Gasteiger partial charge in [-0.05, 0) is 25.3 Å². The Morgan fingerprint density at radius 1 is 1.50 bits per heavy atom. The first-order valence-corrected chi connectivity index (χ1v) is 8.15. The van der Waals surface area contributed by atoms with Gasteiger partial charge in [0.25, 0.3) is 0 Å². The smallest absolute Gasteiger partial charge is 0.380 e. The van der Waals surface area contributed by atoms with Gasteiger partial charge >= 0.3 is 51.4 Å². The summed E-state index contributed by atoms with van der Waals surface area (Å²) in [4.78, 5) is 21.8. The largest absolute Gasteiger partial charge is 1.00 e. The van der Waals surface area contributed by atoms with Gasteiger partial charge in [-0.3, -0.25) is 9.48 Å². The number of nitrogens with one attached hydrogen (secondary N) is 1. The molecule has 0 aromatic carbocycles. The summed E-state index contributed by atoms with van der Waals surface area (Å²) in [5.41, 5.74) is 1.89. The number of fused-ring (bicyclic) bond motifs is 1. The molecule has 10 heteroatoms. The molecule has 1 fully saturated rings. The number of hydrogen-bond donors (Lipinski definition) is 1. The molecule has 1 unspecified atom stereocenters. The monoisotopic (exact) mass is 379 g/mol. The summed E-state index contributed by atoms with van der Waals surface area (Å²) >= 11 is 0. The standard InChI is InChI=1S/C16H18N7O2.K/c1-22(12-3-5-25-9-12)4-2-11-7-23(21-14(11)8-24)16-13-6-19-20-15(13)17-10-18-16;/h6-8,12H,2-5,9H2,1H3,(H,17,18,19,20);/q-1;+1. The molecular formula is C16H18KN7O2. The quantitative estimate of drug-likeness (QED) is 0.285. The maximum absolute atomic E-state index is 11.4. The Morgan fingerprint density at radius 3 is 3.15 bits per heavy atom. The average molecular weight is 379 g/mol. The van der Waals surface area contributed by atoms with Crippen LogP contribution in [-0.2, 0) is 11.2 Å². The van der Waals surface area contributed by atoms with Gasteiger partial charge < -0.3 is 24.7 Å². The van der Waals surface area contributed by atoms with E-state index in [0.29, 0.717) is 23.2 Å². The van der Waals surface area contributed by atoms with Gasteiger partial charge in [-0.25, -0.2) is 0 Å². The molecule has 1 N–H and O–H groups in total. The van der Waals surface area contributed by atoms with E-state index in [4.69, 9.17) is 4.74 Å². The topological polar surface area (TPSA) is 102 Å². The predicted molar refractivity (Wildman–Crippen MR) is 88.6 cm³/mol. The second-order valence-corrected chi connectivity index (χ2v) is 6.13. The van der Waals surface area contributed by atoms with Crippen molar-refractivity contribution in [1.29, 1.82) is 0 Å². The number of hydrogen-bond acceptors (Lipinski definition) is 7. The van der Waals surface area contributed by atoms with E-state index in [0.717, 1.165) is 49.8 Å². The Morgan fingerprint density at radius 2 is 2.38 bits per heavy atom. The van der Waals surface area contributed by atoms with Crippen molar-refractivity contribution in [3.63, 3.8) is 0 Å². The Kier molecular flexibility index (Phi) is 6.67. The number of aldehydes is 1. The molecule has 1 aliphatic rings. The van der Waals surface area contributed by atoms with Gasteiger partial charge in [0.05, 0.1) is 12.4 Å². The number of aromatic amines is 1. The van der Waals surface area contributed by atoms with Gasteiger partial charge in [0, 0.05) is 49.1 Å². The van der Waals surface area contributed by atoms with Gasteiger partial charge in [0.1, 0.15) is 5.69 Å². The molecule has 3 aromatic heterocycles. The molecule has 0 radical (unpaired) electrons. The number of carbonyl (C=O) groups excluding carboxylic acids is 1. The zero-order valence-corrected chi connectivity index (χ0v) is 18.0. The van der Waals surface area contributed by atoms with E-state index in [-0.39, 0.29) is 51.4 Å². The van der Waals surface area contributed by atoms with Crippen molar-refractivity contribution >= 4 is 17.3 Å². The van der Waals surface area contributed by atoms with Crippen molar-refractivity contribution < 1.29 is 60.9 Å². The number of nitrogens with zero attached hydrogens (tertiary/aromatic N) is 6. The van der Waals surface area contributed by atoms with Crippen LogP contribution < -0.4 is 51.4 Å². The van der Waals surface area contributed by atoms with Crippen LogP contribution in [0.25, 0.3) is 16.9 Å². The zero-order chi connectivity index (χ0) is 17.2. The molecule has 1 aliphatic heterocycles. The van der Waals surface area contributed by atoms with E-state index in [1.54, 1.807) is 10.9 Å². The number of rotatable bonds is 6. The van der Waals surface area contributed by atoms with Crippen molar-refractivity contribution in [3.8, 4) is 5.82 Å². The van der Waals surface area contributed by atoms with Crippen LogP contribution in [0.3, 0.4) is 0 Å². The molecular weight excluding hydrogens is 361 g/mol. The fraction of sp³-hybridized carbons (Fsp3) is 0.438. The summed E-state index contributed by atoms with van der Waals surface area (Å²) in [5, 5.41) is 11.8. The molecule has 0 aliphatic carbocycles. The molecule has 0 amide bonds. The van der Waals surface area contributed by atoms with E-state index >= 15 is 0 Å². The molecule has 1 atom stereocenters. The molecule has 4 heterocycles. The maximum Gasteiger partial charge on any atom is 1.00 e. The van der Waals surface area contributed by atoms with Gasteiger partial charge in [-0.15, -0.1) is 0 Å². The van der Waals surface area contributed by atoms with Crippen molar-refractivity contribution in [2.24, 2.45) is 0 Å². The first kappa shape index (κ1) is 19.7. The van der Waals surface area contributed by atoms with Gasteiger partial charge in [-0.1, -0.05) is 0 Å². The van der Waals surface area contributed by atoms with Crippen LogP contribution in [-0.4, -0.2) is 74.0 Å². The number of aromatic nitrogens is 6. The predicted octanol–water partition coefficient (Wildman–Crippen LogP) is -2.58. The fourth-order valence-corrected chi connectivity index (χ4v) is 3.06. The summed E-state index contributed by atoms with van der Waals surface area (Å²) in [6.07, 6.45) is 8.61. The number of likely N-dealkylation sites (N-methyl/N-ethyl adjacent to an activating group) is 1. The average Bonchev–Trinajstić information content (AvgIpc) is 3.39. The van der Waals surface area contributed by atoms with Crippen molar-refractivity contribution in [2.45, 2.75) is 18.9 Å². The molecule has 0 saturated carbocycles. The number of H-pyrrole nitrogens is 1. The van der Waals surface area contributed by atoms with Gasteiger partial charge in [0.2, 0.25) is 0 Å². The normalized spacial score (nSPS) is 16.9. The second-order valence-electron chi connectivity index (χ2n) is 6.13. The second kappa shape index (κ2) is 8.78. The Balaban J connectivity index is 0.00000196. The van der Waals surface area contributed by atoms with Crippen molar-refractivity contribution in [1.82, 2.24) is 34.8 Å². The van der Waals surface area contributed by atoms with Gasteiger partial charge in [-0.2, -0.15) is 10.2 Å². The third kappa shape index (κ3) is 3.96. The molecule has 0 bridgehead atoms. The fourth-order valence-electron chi connectivity index (χ4n) is 3.06. The zero-order valence-electron chi connectivity index (χ0n) is 14.8. The van der Waals surface area contributed by atoms with E-state index in [1.165, 1.54) is 0 Å². The number of carbonyl (C=O) groups is 1. The van der Waals surface area contributed by atoms with Crippen LogP contribution in [0.4, 0.5) is 0 Å². The summed E-state index contributed by atoms with van der Waals surface area (Å²) in [7, 11) is 2.08. The minimum Gasteiger partial charge on any atom is -0.380 e. The Labute approximate surface area is 192 Å². The van der Waals surface area contributed by atoms with Crippen molar-refractivity contribution in [3.05, 3.63) is 30.0 Å². The van der Waals surface area contributed by atoms with E-state index in [9.17, 15) is 4.79 Å². The molecule has 26 heavy (non-hydrogen) atoms. The minimum atomic E-state index is 0. The van der Waals surface area contributed by atoms with E-state index in [1.807, 2.05) is 6.20 Å². The van der Waals surface area contributed by atoms with E-state index < -0.39 is 0 Å². The van der Waals surface area contributed by atoms with Crippen LogP contribution in [0.5, 0.6) is 0 Å². The van der Waals surface area contributed by atoms with Crippen LogP contribution in [0.15, 0.2) is 12.4 Å². The van der Waals surface area contributed by atoms with E-state index in [2.05, 4.69) is 43.5 Å². The first-order valence-electron chi connectivity index (χ1n) is 8.15. The molecule has 130 valence electrons. The molecule has 1 saturated heterocycles. The Bertz CT molecular complexity index is 888. The molecule has 0 spiro atoms. The van der Waals surface area contributed by atoms with Crippen LogP contribution in [0.2, 0.25) is 0 Å². The molecule has 3 aromatic rings. The maximum atomic E-state index is 11.4. The molecule has 4 rings (SSSR count).